The highest BCUT2D eigenvalue weighted by Gasteiger charge is 2.23. The number of hydrogen-bond donors (Lipinski definition) is 2. The lowest BCUT2D eigenvalue weighted by atomic mass is 9.99. The van der Waals surface area contributed by atoms with Crippen LogP contribution >= 0.6 is 0 Å². The van der Waals surface area contributed by atoms with Crippen LogP contribution < -0.4 is 10.9 Å². The van der Waals surface area contributed by atoms with Crippen LogP contribution in [-0.4, -0.2) is 51.9 Å². The van der Waals surface area contributed by atoms with Crippen LogP contribution in [0, 0.1) is 13.8 Å². The quantitative estimate of drug-likeness (QED) is 0.368. The van der Waals surface area contributed by atoms with E-state index in [0.717, 1.165) is 74.6 Å². The van der Waals surface area contributed by atoms with Gasteiger partial charge in [-0.25, -0.2) is 0 Å². The third-order valence-electron chi connectivity index (χ3n) is 8.42. The molecule has 218 valence electrons. The van der Waals surface area contributed by atoms with Crippen molar-refractivity contribution in [2.45, 2.75) is 78.4 Å². The SMILES string of the molecule is CCC(=Cc1c(CC(=O)NCc2c(C)cc(C)[nH]c2=O)cnn1C1CCCC1)c1ccc(CN2CCOCC2)cc1. The maximum atomic E-state index is 13.1. The second-order valence-electron chi connectivity index (χ2n) is 11.4. The minimum absolute atomic E-state index is 0.115. The molecule has 2 aromatic heterocycles. The fraction of sp³-hybridized carbons (Fsp3) is 0.485. The summed E-state index contributed by atoms with van der Waals surface area (Å²) in [4.78, 5) is 30.8. The number of carbonyl (C=O) groups excluding carboxylic acids is 1. The number of benzene rings is 1. The molecular weight excluding hydrogens is 514 g/mol. The fourth-order valence-electron chi connectivity index (χ4n) is 6.06. The lowest BCUT2D eigenvalue weighted by molar-refractivity contribution is -0.120. The Labute approximate surface area is 242 Å². The molecular formula is C33H43N5O3. The minimum Gasteiger partial charge on any atom is -0.379 e. The van der Waals surface area contributed by atoms with Crippen LogP contribution in [-0.2, 0) is 29.0 Å². The van der Waals surface area contributed by atoms with Crippen LogP contribution in [0.25, 0.3) is 11.6 Å². The Morgan fingerprint density at radius 3 is 2.56 bits per heavy atom. The van der Waals surface area contributed by atoms with E-state index in [-0.39, 0.29) is 24.4 Å². The third kappa shape index (κ3) is 7.24. The average Bonchev–Trinajstić information content (AvgIpc) is 3.62. The third-order valence-corrected chi connectivity index (χ3v) is 8.42. The normalized spacial score (nSPS) is 16.8. The number of allylic oxidation sites excluding steroid dienone is 1. The van der Waals surface area contributed by atoms with Crippen LogP contribution in [0.15, 0.2) is 41.3 Å². The number of hydrogen-bond acceptors (Lipinski definition) is 5. The van der Waals surface area contributed by atoms with Crippen molar-refractivity contribution >= 4 is 17.6 Å². The topological polar surface area (TPSA) is 92.2 Å². The summed E-state index contributed by atoms with van der Waals surface area (Å²) in [5, 5.41) is 7.75. The van der Waals surface area contributed by atoms with E-state index in [1.165, 1.54) is 29.5 Å². The maximum Gasteiger partial charge on any atom is 0.253 e. The lowest BCUT2D eigenvalue weighted by Crippen LogP contribution is -2.35. The molecule has 1 aliphatic heterocycles. The molecule has 0 spiro atoms. The number of H-pyrrole nitrogens is 1. The van der Waals surface area contributed by atoms with Gasteiger partial charge in [0.2, 0.25) is 5.91 Å². The molecule has 0 unspecified atom stereocenters. The zero-order valence-corrected chi connectivity index (χ0v) is 24.7. The Balaban J connectivity index is 1.35. The highest BCUT2D eigenvalue weighted by molar-refractivity contribution is 5.84. The number of amides is 1. The van der Waals surface area contributed by atoms with Gasteiger partial charge in [0.05, 0.1) is 37.6 Å². The number of nitrogens with zero attached hydrogens (tertiary/aromatic N) is 3. The van der Waals surface area contributed by atoms with E-state index in [0.29, 0.717) is 11.6 Å². The first-order chi connectivity index (χ1) is 19.9. The van der Waals surface area contributed by atoms with Crippen LogP contribution in [0.3, 0.4) is 0 Å². The van der Waals surface area contributed by atoms with E-state index in [9.17, 15) is 9.59 Å². The number of aromatic nitrogens is 3. The van der Waals surface area contributed by atoms with E-state index >= 15 is 0 Å². The molecule has 8 nitrogen and oxygen atoms in total. The zero-order valence-electron chi connectivity index (χ0n) is 24.7. The van der Waals surface area contributed by atoms with Crippen molar-refractivity contribution in [2.24, 2.45) is 0 Å². The van der Waals surface area contributed by atoms with Gasteiger partial charge in [0.25, 0.3) is 5.56 Å². The second kappa shape index (κ2) is 13.4. The largest absolute Gasteiger partial charge is 0.379 e. The van der Waals surface area contributed by atoms with Crippen molar-refractivity contribution in [3.63, 3.8) is 0 Å². The van der Waals surface area contributed by atoms with Crippen molar-refractivity contribution in [1.82, 2.24) is 25.0 Å². The second-order valence-corrected chi connectivity index (χ2v) is 11.4. The summed E-state index contributed by atoms with van der Waals surface area (Å²) in [5.74, 6) is -0.115. The maximum absolute atomic E-state index is 13.1. The van der Waals surface area contributed by atoms with Gasteiger partial charge in [-0.1, -0.05) is 44.0 Å². The van der Waals surface area contributed by atoms with Crippen molar-refractivity contribution in [3.8, 4) is 0 Å². The van der Waals surface area contributed by atoms with Crippen molar-refractivity contribution < 1.29 is 9.53 Å². The Morgan fingerprint density at radius 2 is 1.88 bits per heavy atom. The van der Waals surface area contributed by atoms with E-state index < -0.39 is 0 Å². The summed E-state index contributed by atoms with van der Waals surface area (Å²) >= 11 is 0. The van der Waals surface area contributed by atoms with Crippen molar-refractivity contribution in [1.29, 1.82) is 0 Å². The van der Waals surface area contributed by atoms with E-state index in [2.05, 4.69) is 57.1 Å². The predicted octanol–water partition coefficient (Wildman–Crippen LogP) is 4.95. The van der Waals surface area contributed by atoms with Gasteiger partial charge in [-0.15, -0.1) is 0 Å². The first-order valence-electron chi connectivity index (χ1n) is 15.0. The summed E-state index contributed by atoms with van der Waals surface area (Å²) in [6, 6.07) is 11.2. The van der Waals surface area contributed by atoms with Gasteiger partial charge >= 0.3 is 0 Å². The molecule has 2 aliphatic rings. The summed E-state index contributed by atoms with van der Waals surface area (Å²) < 4.78 is 7.63. The Bertz CT molecular complexity index is 1420. The monoisotopic (exact) mass is 557 g/mol. The molecule has 1 aliphatic carbocycles. The molecule has 41 heavy (non-hydrogen) atoms. The molecule has 1 aromatic carbocycles. The molecule has 3 heterocycles. The Morgan fingerprint density at radius 1 is 1.15 bits per heavy atom. The number of aryl methyl sites for hydroxylation is 2. The number of carbonyl (C=O) groups is 1. The average molecular weight is 558 g/mol. The summed E-state index contributed by atoms with van der Waals surface area (Å²) in [7, 11) is 0. The van der Waals surface area contributed by atoms with Gasteiger partial charge in [-0.2, -0.15) is 5.10 Å². The smallest absolute Gasteiger partial charge is 0.253 e. The van der Waals surface area contributed by atoms with E-state index in [1.807, 2.05) is 26.1 Å². The molecule has 0 atom stereocenters. The molecule has 1 saturated carbocycles. The Kier molecular flexibility index (Phi) is 9.52. The van der Waals surface area contributed by atoms with Gasteiger partial charge in [0.1, 0.15) is 0 Å². The summed E-state index contributed by atoms with van der Waals surface area (Å²) in [6.07, 6.45) is 9.82. The van der Waals surface area contributed by atoms with Gasteiger partial charge in [0, 0.05) is 43.0 Å². The standard InChI is InChI=1S/C33H43N5O3/c1-4-26(27-11-9-25(10-12-27)22-37-13-15-41-16-14-37)18-31-28(20-35-38(31)29-7-5-6-8-29)19-32(39)34-21-30-23(2)17-24(3)36-33(30)40/h9-12,17-18,20,29H,4-8,13-16,19,21-22H2,1-3H3,(H,34,39)(H,36,40). The molecule has 0 bridgehead atoms. The first-order valence-corrected chi connectivity index (χ1v) is 15.0. The van der Waals surface area contributed by atoms with Gasteiger partial charge in [-0.3, -0.25) is 19.2 Å². The number of morpholine rings is 1. The Hall–Kier alpha value is -3.49. The number of rotatable bonds is 10. The van der Waals surface area contributed by atoms with Crippen LogP contribution in [0.4, 0.5) is 0 Å². The highest BCUT2D eigenvalue weighted by Crippen LogP contribution is 2.33. The molecule has 5 rings (SSSR count). The molecule has 3 aromatic rings. The molecule has 8 heteroatoms. The van der Waals surface area contributed by atoms with E-state index in [4.69, 9.17) is 9.84 Å². The van der Waals surface area contributed by atoms with Crippen LogP contribution in [0.2, 0.25) is 0 Å². The van der Waals surface area contributed by atoms with Crippen molar-refractivity contribution in [3.05, 3.63) is 86.1 Å². The fourth-order valence-corrected chi connectivity index (χ4v) is 6.06. The molecule has 1 saturated heterocycles. The molecule has 1 amide bonds. The van der Waals surface area contributed by atoms with Gasteiger partial charge in [0.15, 0.2) is 0 Å². The minimum atomic E-state index is -0.149. The van der Waals surface area contributed by atoms with Gasteiger partial charge in [-0.05, 0) is 67.5 Å². The lowest BCUT2D eigenvalue weighted by Gasteiger charge is -2.26. The molecule has 2 fully saturated rings. The van der Waals surface area contributed by atoms with Gasteiger partial charge < -0.3 is 15.0 Å². The summed E-state index contributed by atoms with van der Waals surface area (Å²) in [6.45, 7) is 10.7. The van der Waals surface area contributed by atoms with E-state index in [1.54, 1.807) is 0 Å². The highest BCUT2D eigenvalue weighted by atomic mass is 16.5. The predicted molar refractivity (Wildman–Crippen MR) is 163 cm³/mol. The number of pyridine rings is 1. The number of nitrogens with one attached hydrogen (secondary N) is 2. The zero-order chi connectivity index (χ0) is 28.8. The number of ether oxygens (including phenoxy) is 1. The molecule has 2 N–H and O–H groups in total. The first kappa shape index (κ1) is 29.0. The van der Waals surface area contributed by atoms with Crippen LogP contribution in [0.5, 0.6) is 0 Å². The molecule has 0 radical (unpaired) electrons. The summed E-state index contributed by atoms with van der Waals surface area (Å²) in [5.41, 5.74) is 7.81. The van der Waals surface area contributed by atoms with Crippen LogP contribution in [0.1, 0.15) is 84.3 Å². The number of aromatic amines is 1. The van der Waals surface area contributed by atoms with Crippen molar-refractivity contribution in [2.75, 3.05) is 26.3 Å².